The fraction of sp³-hybridized carbons (Fsp3) is 0.528. The lowest BCUT2D eigenvalue weighted by Crippen LogP contribution is -2.57. The smallest absolute Gasteiger partial charge is 0.251 e. The number of anilines is 3. The molecule has 1 amide bonds. The molecule has 3 atom stereocenters. The Kier molecular flexibility index (Phi) is 12.0. The molecule has 3 fully saturated rings. The van der Waals surface area contributed by atoms with Gasteiger partial charge in [0.1, 0.15) is 35.5 Å². The van der Waals surface area contributed by atoms with Crippen molar-refractivity contribution in [1.29, 1.82) is 5.26 Å². The summed E-state index contributed by atoms with van der Waals surface area (Å²) in [5.74, 6) is 1.36. The predicted molar refractivity (Wildman–Crippen MR) is 188 cm³/mol. The molecule has 2 aromatic heterocycles. The molecule has 0 bridgehead atoms. The number of ether oxygens (including phenoxy) is 4. The molecule has 5 heterocycles. The third kappa shape index (κ3) is 8.23. The quantitative estimate of drug-likeness (QED) is 0.322. The van der Waals surface area contributed by atoms with Crippen LogP contribution in [-0.4, -0.2) is 121 Å². The molecule has 268 valence electrons. The van der Waals surface area contributed by atoms with Crippen molar-refractivity contribution in [3.63, 3.8) is 0 Å². The van der Waals surface area contributed by atoms with Crippen molar-refractivity contribution >= 4 is 23.4 Å². The third-order valence-corrected chi connectivity index (χ3v) is 9.23. The van der Waals surface area contributed by atoms with Gasteiger partial charge in [-0.2, -0.15) is 10.2 Å². The second-order valence-corrected chi connectivity index (χ2v) is 12.5. The van der Waals surface area contributed by atoms with E-state index in [4.69, 9.17) is 18.9 Å². The largest absolute Gasteiger partial charge is 0.486 e. The van der Waals surface area contributed by atoms with E-state index in [-0.39, 0.29) is 30.2 Å². The number of piperidine rings is 1. The van der Waals surface area contributed by atoms with Gasteiger partial charge in [0.05, 0.1) is 44.2 Å². The summed E-state index contributed by atoms with van der Waals surface area (Å²) in [5, 5.41) is 13.1. The zero-order chi connectivity index (χ0) is 35.8. The van der Waals surface area contributed by atoms with Gasteiger partial charge in [0.2, 0.25) is 11.8 Å². The van der Waals surface area contributed by atoms with Crippen LogP contribution >= 0.6 is 0 Å². The fourth-order valence-corrected chi connectivity index (χ4v) is 6.24. The van der Waals surface area contributed by atoms with E-state index in [1.165, 1.54) is 18.9 Å². The van der Waals surface area contributed by atoms with Crippen LogP contribution in [0.1, 0.15) is 39.7 Å². The second-order valence-electron chi connectivity index (χ2n) is 12.5. The number of benzene rings is 1. The van der Waals surface area contributed by atoms with Gasteiger partial charge in [-0.3, -0.25) is 9.69 Å². The average molecular weight is 691 g/mol. The van der Waals surface area contributed by atoms with E-state index in [9.17, 15) is 10.1 Å². The van der Waals surface area contributed by atoms with Gasteiger partial charge >= 0.3 is 0 Å². The van der Waals surface area contributed by atoms with Gasteiger partial charge in [0.25, 0.3) is 5.91 Å². The maximum Gasteiger partial charge on any atom is 0.251 e. The summed E-state index contributed by atoms with van der Waals surface area (Å²) >= 11 is 0. The Bertz CT molecular complexity index is 1660. The van der Waals surface area contributed by atoms with Crippen LogP contribution < -0.4 is 19.7 Å². The number of amides is 1. The number of piperazine rings is 1. The van der Waals surface area contributed by atoms with Crippen LogP contribution in [-0.2, 0) is 14.3 Å². The lowest BCUT2D eigenvalue weighted by molar-refractivity contribution is -0.148. The van der Waals surface area contributed by atoms with E-state index in [1.807, 2.05) is 26.0 Å². The van der Waals surface area contributed by atoms with Crippen molar-refractivity contribution in [2.75, 3.05) is 76.9 Å². The fourth-order valence-electron chi connectivity index (χ4n) is 6.24. The number of rotatable bonds is 10. The Balaban J connectivity index is 0.00000239. The van der Waals surface area contributed by atoms with Crippen molar-refractivity contribution in [2.24, 2.45) is 0 Å². The van der Waals surface area contributed by atoms with Crippen LogP contribution in [0.5, 0.6) is 11.6 Å². The lowest BCUT2D eigenvalue weighted by Gasteiger charge is -2.43. The van der Waals surface area contributed by atoms with Crippen LogP contribution in [0.3, 0.4) is 0 Å². The zero-order valence-corrected chi connectivity index (χ0v) is 29.7. The Labute approximate surface area is 293 Å². The minimum Gasteiger partial charge on any atom is -0.486 e. The van der Waals surface area contributed by atoms with E-state index < -0.39 is 17.9 Å². The molecule has 14 heteroatoms. The molecule has 1 aromatic carbocycles. The van der Waals surface area contributed by atoms with Crippen molar-refractivity contribution in [3.8, 4) is 29.0 Å². The van der Waals surface area contributed by atoms with E-state index in [0.717, 1.165) is 45.1 Å². The van der Waals surface area contributed by atoms with Crippen LogP contribution in [0.25, 0.3) is 11.3 Å². The van der Waals surface area contributed by atoms with E-state index in [0.29, 0.717) is 41.5 Å². The molecule has 0 aliphatic carbocycles. The standard InChI is InChI=1S/C34H41FN8O5.C2H6/c1-22(45-3)32(44)43-12-10-29(34(2,35)21-43)48-28-7-5-23(17-24(28)18-36)26-9-11-37-33(38-26)40-30-8-6-27(31(39-30)46-4)42-15-13-41(14-16-42)25-19-47-20-25;1-2/h5-9,11,17,22,25,29H,10,12-16,19-21H2,1-4H3,(H,37,38,39,40);1-2H3/t22-,29?,34?;/m0./s1. The molecule has 3 aliphatic heterocycles. The summed E-state index contributed by atoms with van der Waals surface area (Å²) in [6.07, 6.45) is 0.399. The molecule has 13 nitrogen and oxygen atoms in total. The van der Waals surface area contributed by atoms with Gasteiger partial charge < -0.3 is 34.1 Å². The number of nitrogens with zero attached hydrogens (tertiary/aromatic N) is 7. The van der Waals surface area contributed by atoms with Gasteiger partial charge in [0.15, 0.2) is 5.67 Å². The number of aromatic nitrogens is 3. The number of hydrogen-bond acceptors (Lipinski definition) is 12. The monoisotopic (exact) mass is 690 g/mol. The normalized spacial score (nSPS) is 21.6. The van der Waals surface area contributed by atoms with Gasteiger partial charge in [-0.25, -0.2) is 14.4 Å². The first-order valence-electron chi connectivity index (χ1n) is 17.1. The molecular weight excluding hydrogens is 643 g/mol. The summed E-state index contributed by atoms with van der Waals surface area (Å²) in [6, 6.07) is 13.4. The van der Waals surface area contributed by atoms with Crippen LogP contribution in [0.4, 0.5) is 21.8 Å². The van der Waals surface area contributed by atoms with Gasteiger partial charge in [-0.05, 0) is 50.2 Å². The summed E-state index contributed by atoms with van der Waals surface area (Å²) in [7, 11) is 3.05. The maximum absolute atomic E-state index is 15.7. The van der Waals surface area contributed by atoms with Crippen molar-refractivity contribution in [1.82, 2.24) is 24.8 Å². The number of nitrogens with one attached hydrogen (secondary N) is 1. The van der Waals surface area contributed by atoms with Crippen molar-refractivity contribution in [2.45, 2.75) is 58.0 Å². The number of nitriles is 1. The van der Waals surface area contributed by atoms with Crippen molar-refractivity contribution < 1.29 is 28.1 Å². The summed E-state index contributed by atoms with van der Waals surface area (Å²) in [4.78, 5) is 32.4. The molecule has 2 unspecified atom stereocenters. The number of likely N-dealkylation sites (tertiary alicyclic amines) is 1. The number of carbonyl (C=O) groups is 1. The minimum absolute atomic E-state index is 0.127. The number of methoxy groups -OCH3 is 2. The Morgan fingerprint density at radius 1 is 1.10 bits per heavy atom. The second kappa shape index (κ2) is 16.4. The third-order valence-electron chi connectivity index (χ3n) is 9.23. The molecule has 3 aromatic rings. The number of halogens is 1. The van der Waals surface area contributed by atoms with E-state index in [1.54, 1.807) is 44.5 Å². The summed E-state index contributed by atoms with van der Waals surface area (Å²) in [6.45, 7) is 12.6. The van der Waals surface area contributed by atoms with Crippen LogP contribution in [0.2, 0.25) is 0 Å². The predicted octanol–water partition coefficient (Wildman–Crippen LogP) is 4.45. The molecule has 1 N–H and O–H groups in total. The highest BCUT2D eigenvalue weighted by molar-refractivity contribution is 5.80. The lowest BCUT2D eigenvalue weighted by atomic mass is 9.92. The van der Waals surface area contributed by atoms with E-state index in [2.05, 4.69) is 36.1 Å². The van der Waals surface area contributed by atoms with Crippen LogP contribution in [0, 0.1) is 11.3 Å². The van der Waals surface area contributed by atoms with Gasteiger partial charge in [0, 0.05) is 58.0 Å². The first-order valence-corrected chi connectivity index (χ1v) is 17.1. The molecule has 3 aliphatic rings. The highest BCUT2D eigenvalue weighted by Gasteiger charge is 2.44. The van der Waals surface area contributed by atoms with Gasteiger partial charge in [-0.1, -0.05) is 13.8 Å². The SMILES string of the molecule is CC.COc1nc(Nc2nccc(-c3ccc(OC4CCN(C(=O)[C@H](C)OC)CC4(C)F)c(C#N)c3)n2)ccc1N1CCN(C2COC2)CC1. The van der Waals surface area contributed by atoms with Gasteiger partial charge in [-0.15, -0.1) is 0 Å². The summed E-state index contributed by atoms with van der Waals surface area (Å²) < 4.78 is 37.9. The number of carbonyl (C=O) groups excluding carboxylic acids is 1. The Morgan fingerprint density at radius 3 is 2.50 bits per heavy atom. The maximum atomic E-state index is 15.7. The molecule has 0 radical (unpaired) electrons. The topological polar surface area (TPSA) is 138 Å². The Morgan fingerprint density at radius 2 is 1.86 bits per heavy atom. The molecule has 6 rings (SSSR count). The summed E-state index contributed by atoms with van der Waals surface area (Å²) in [5.41, 5.74) is 0.584. The zero-order valence-electron chi connectivity index (χ0n) is 29.7. The average Bonchev–Trinajstić information content (AvgIpc) is 3.12. The van der Waals surface area contributed by atoms with Crippen molar-refractivity contribution in [3.05, 3.63) is 48.2 Å². The minimum atomic E-state index is -1.82. The number of alkyl halides is 1. The Hall–Kier alpha value is -4.58. The first kappa shape index (κ1) is 36.7. The van der Waals surface area contributed by atoms with Crippen LogP contribution in [0.15, 0.2) is 42.6 Å². The number of pyridine rings is 1. The molecule has 3 saturated heterocycles. The molecule has 0 saturated carbocycles. The molecule has 50 heavy (non-hydrogen) atoms. The highest BCUT2D eigenvalue weighted by Crippen LogP contribution is 2.34. The number of hydrogen-bond donors (Lipinski definition) is 1. The molecule has 0 spiro atoms. The molecular formula is C36H47FN8O5. The highest BCUT2D eigenvalue weighted by atomic mass is 19.1. The first-order chi connectivity index (χ1) is 24.2. The van der Waals surface area contributed by atoms with E-state index >= 15 is 4.39 Å².